The number of carbonyl (C=O) groups is 1. The molecule has 122 valence electrons. The van der Waals surface area contributed by atoms with Crippen LogP contribution in [0.4, 0.5) is 0 Å². The van der Waals surface area contributed by atoms with Crippen LogP contribution >= 0.6 is 0 Å². The highest BCUT2D eigenvalue weighted by Crippen LogP contribution is 2.36. The Labute approximate surface area is 130 Å². The zero-order valence-corrected chi connectivity index (χ0v) is 14.2. The molecule has 4 nitrogen and oxygen atoms in total. The summed E-state index contributed by atoms with van der Waals surface area (Å²) in [6.07, 6.45) is 2.42. The molecule has 2 fully saturated rings. The van der Waals surface area contributed by atoms with Gasteiger partial charge in [-0.1, -0.05) is 27.7 Å². The maximum absolute atomic E-state index is 12.6. The molecule has 0 aromatic rings. The number of amides is 1. The molecule has 1 heterocycles. The molecule has 1 saturated heterocycles. The van der Waals surface area contributed by atoms with Crippen LogP contribution in [-0.2, 0) is 4.79 Å². The predicted octanol–water partition coefficient (Wildman–Crippen LogP) is 1.80. The summed E-state index contributed by atoms with van der Waals surface area (Å²) >= 11 is 0. The van der Waals surface area contributed by atoms with Gasteiger partial charge in [0, 0.05) is 32.2 Å². The summed E-state index contributed by atoms with van der Waals surface area (Å²) in [4.78, 5) is 17.0. The molecular weight excluding hydrogens is 262 g/mol. The fraction of sp³-hybridized carbons (Fsp3) is 0.941. The quantitative estimate of drug-likeness (QED) is 0.813. The molecule has 3 atom stereocenters. The van der Waals surface area contributed by atoms with Gasteiger partial charge in [0.25, 0.3) is 0 Å². The smallest absolute Gasteiger partial charge is 0.236 e. The van der Waals surface area contributed by atoms with Gasteiger partial charge in [-0.05, 0) is 36.5 Å². The molecule has 4 heteroatoms. The van der Waals surface area contributed by atoms with Gasteiger partial charge in [-0.2, -0.15) is 0 Å². The van der Waals surface area contributed by atoms with Crippen LogP contribution in [0.1, 0.15) is 40.5 Å². The number of nitrogens with two attached hydrogens (primary N) is 1. The molecule has 1 saturated carbocycles. The Morgan fingerprint density at radius 3 is 2.29 bits per heavy atom. The highest BCUT2D eigenvalue weighted by Gasteiger charge is 2.41. The molecule has 2 rings (SSSR count). The number of likely N-dealkylation sites (tertiary alicyclic amines) is 1. The maximum Gasteiger partial charge on any atom is 0.236 e. The van der Waals surface area contributed by atoms with E-state index >= 15 is 0 Å². The van der Waals surface area contributed by atoms with Crippen LogP contribution < -0.4 is 5.73 Å². The summed E-state index contributed by atoms with van der Waals surface area (Å²) in [5.41, 5.74) is 6.18. The molecule has 1 aliphatic heterocycles. The van der Waals surface area contributed by atoms with Gasteiger partial charge in [0.2, 0.25) is 5.91 Å². The van der Waals surface area contributed by atoms with Crippen LogP contribution in [0, 0.1) is 23.7 Å². The highest BCUT2D eigenvalue weighted by molar-refractivity contribution is 5.78. The Morgan fingerprint density at radius 2 is 1.76 bits per heavy atom. The second-order valence-corrected chi connectivity index (χ2v) is 7.95. The van der Waals surface area contributed by atoms with Crippen LogP contribution in [0.2, 0.25) is 0 Å². The number of hydrogen-bond donors (Lipinski definition) is 1. The SMILES string of the molecule is CC(C)CN(CC(C)C)C(=O)CN1CC2CCC(N)C2C1. The van der Waals surface area contributed by atoms with Crippen LogP contribution in [0.5, 0.6) is 0 Å². The molecule has 0 aromatic carbocycles. The largest absolute Gasteiger partial charge is 0.341 e. The van der Waals surface area contributed by atoms with E-state index in [1.807, 2.05) is 0 Å². The Balaban J connectivity index is 1.87. The van der Waals surface area contributed by atoms with E-state index in [9.17, 15) is 4.79 Å². The molecule has 21 heavy (non-hydrogen) atoms. The average Bonchev–Trinajstić information content (AvgIpc) is 2.90. The lowest BCUT2D eigenvalue weighted by atomic mass is 9.98. The van der Waals surface area contributed by atoms with Crippen LogP contribution in [-0.4, -0.2) is 54.5 Å². The summed E-state index contributed by atoms with van der Waals surface area (Å²) in [6, 6.07) is 0.359. The van der Waals surface area contributed by atoms with Crippen molar-refractivity contribution in [2.75, 3.05) is 32.7 Å². The van der Waals surface area contributed by atoms with Crippen molar-refractivity contribution in [1.29, 1.82) is 0 Å². The lowest BCUT2D eigenvalue weighted by Gasteiger charge is -2.28. The number of fused-ring (bicyclic) bond motifs is 1. The van der Waals surface area contributed by atoms with Gasteiger partial charge in [0.15, 0.2) is 0 Å². The monoisotopic (exact) mass is 295 g/mol. The number of hydrogen-bond acceptors (Lipinski definition) is 3. The predicted molar refractivity (Wildman–Crippen MR) is 86.9 cm³/mol. The topological polar surface area (TPSA) is 49.6 Å². The van der Waals surface area contributed by atoms with E-state index in [2.05, 4.69) is 37.5 Å². The van der Waals surface area contributed by atoms with Crippen molar-refractivity contribution in [3.8, 4) is 0 Å². The van der Waals surface area contributed by atoms with Crippen molar-refractivity contribution >= 4 is 5.91 Å². The fourth-order valence-corrected chi connectivity index (χ4v) is 3.98. The summed E-state index contributed by atoms with van der Waals surface area (Å²) in [5.74, 6) is 2.71. The molecule has 0 bridgehead atoms. The van der Waals surface area contributed by atoms with Crippen LogP contribution in [0.15, 0.2) is 0 Å². The van der Waals surface area contributed by atoms with Gasteiger partial charge in [0.05, 0.1) is 6.54 Å². The maximum atomic E-state index is 12.6. The van der Waals surface area contributed by atoms with Crippen molar-refractivity contribution in [3.05, 3.63) is 0 Å². The number of rotatable bonds is 6. The third-order valence-electron chi connectivity index (χ3n) is 4.87. The first kappa shape index (κ1) is 16.8. The fourth-order valence-electron chi connectivity index (χ4n) is 3.98. The van der Waals surface area contributed by atoms with E-state index in [-0.39, 0.29) is 0 Å². The molecule has 0 aromatic heterocycles. The van der Waals surface area contributed by atoms with E-state index in [4.69, 9.17) is 5.73 Å². The normalized spacial score (nSPS) is 29.4. The zero-order chi connectivity index (χ0) is 15.6. The first-order valence-corrected chi connectivity index (χ1v) is 8.62. The van der Waals surface area contributed by atoms with Crippen molar-refractivity contribution in [2.45, 2.75) is 46.6 Å². The molecular formula is C17H33N3O. The van der Waals surface area contributed by atoms with Gasteiger partial charge in [-0.25, -0.2) is 0 Å². The summed E-state index contributed by atoms with van der Waals surface area (Å²) in [7, 11) is 0. The van der Waals surface area contributed by atoms with Crippen molar-refractivity contribution in [1.82, 2.24) is 9.80 Å². The lowest BCUT2D eigenvalue weighted by molar-refractivity contribution is -0.133. The molecule has 1 amide bonds. The summed E-state index contributed by atoms with van der Waals surface area (Å²) in [6.45, 7) is 13.1. The lowest BCUT2D eigenvalue weighted by Crippen LogP contribution is -2.43. The van der Waals surface area contributed by atoms with E-state index < -0.39 is 0 Å². The average molecular weight is 295 g/mol. The third-order valence-corrected chi connectivity index (χ3v) is 4.87. The molecule has 2 aliphatic rings. The highest BCUT2D eigenvalue weighted by atomic mass is 16.2. The minimum Gasteiger partial charge on any atom is -0.341 e. The molecule has 1 aliphatic carbocycles. The van der Waals surface area contributed by atoms with Gasteiger partial charge in [0.1, 0.15) is 0 Å². The first-order chi connectivity index (χ1) is 9.86. The second-order valence-electron chi connectivity index (χ2n) is 7.95. The van der Waals surface area contributed by atoms with Gasteiger partial charge >= 0.3 is 0 Å². The Hall–Kier alpha value is -0.610. The van der Waals surface area contributed by atoms with E-state index in [0.29, 0.717) is 36.2 Å². The summed E-state index contributed by atoms with van der Waals surface area (Å²) in [5, 5.41) is 0. The van der Waals surface area contributed by atoms with Crippen LogP contribution in [0.25, 0.3) is 0 Å². The van der Waals surface area contributed by atoms with Crippen molar-refractivity contribution in [2.24, 2.45) is 29.4 Å². The Morgan fingerprint density at radius 1 is 1.14 bits per heavy atom. The van der Waals surface area contributed by atoms with Crippen molar-refractivity contribution in [3.63, 3.8) is 0 Å². The Bertz CT molecular complexity index is 346. The molecule has 3 unspecified atom stereocenters. The van der Waals surface area contributed by atoms with Gasteiger partial charge in [-0.15, -0.1) is 0 Å². The number of nitrogens with zero attached hydrogens (tertiary/aromatic N) is 2. The van der Waals surface area contributed by atoms with E-state index in [1.165, 1.54) is 12.8 Å². The van der Waals surface area contributed by atoms with Crippen LogP contribution in [0.3, 0.4) is 0 Å². The number of carbonyl (C=O) groups excluding carboxylic acids is 1. The second kappa shape index (κ2) is 7.10. The van der Waals surface area contributed by atoms with E-state index in [1.54, 1.807) is 0 Å². The third kappa shape index (κ3) is 4.43. The standard InChI is InChI=1S/C17H33N3O/c1-12(2)7-20(8-13(3)4)17(21)11-19-9-14-5-6-16(18)15(14)10-19/h12-16H,5-11,18H2,1-4H3. The van der Waals surface area contributed by atoms with Crippen molar-refractivity contribution < 1.29 is 4.79 Å². The Kier molecular flexibility index (Phi) is 5.67. The van der Waals surface area contributed by atoms with Gasteiger partial charge in [-0.3, -0.25) is 9.69 Å². The minimum atomic E-state index is 0.297. The van der Waals surface area contributed by atoms with E-state index in [0.717, 1.165) is 32.1 Å². The molecule has 0 radical (unpaired) electrons. The molecule has 0 spiro atoms. The minimum absolute atomic E-state index is 0.297. The summed E-state index contributed by atoms with van der Waals surface area (Å²) < 4.78 is 0. The van der Waals surface area contributed by atoms with Gasteiger partial charge < -0.3 is 10.6 Å². The zero-order valence-electron chi connectivity index (χ0n) is 14.2. The first-order valence-electron chi connectivity index (χ1n) is 8.62. The molecule has 2 N–H and O–H groups in total.